The summed E-state index contributed by atoms with van der Waals surface area (Å²) >= 11 is 0. The van der Waals surface area contributed by atoms with Crippen molar-refractivity contribution < 1.29 is 14.3 Å². The van der Waals surface area contributed by atoms with Gasteiger partial charge in [-0.15, -0.1) is 0 Å². The molecular weight excluding hydrogens is 466 g/mol. The first-order valence-electron chi connectivity index (χ1n) is 12.6. The second kappa shape index (κ2) is 10.4. The number of aryl methyl sites for hydroxylation is 3. The van der Waals surface area contributed by atoms with Crippen molar-refractivity contribution in [1.82, 2.24) is 4.57 Å². The average molecular weight is 498 g/mol. The van der Waals surface area contributed by atoms with Crippen LogP contribution in [0.15, 0.2) is 65.5 Å². The van der Waals surface area contributed by atoms with Crippen molar-refractivity contribution >= 4 is 28.2 Å². The molecule has 0 atom stereocenters. The minimum atomic E-state index is -0.274. The summed E-state index contributed by atoms with van der Waals surface area (Å²) in [6, 6.07) is 19.6. The van der Waals surface area contributed by atoms with Crippen LogP contribution in [0.2, 0.25) is 0 Å². The first kappa shape index (κ1) is 24.4. The topological polar surface area (TPSA) is 81.6 Å². The predicted molar refractivity (Wildman–Crippen MR) is 147 cm³/mol. The third kappa shape index (κ3) is 5.45. The van der Waals surface area contributed by atoms with Gasteiger partial charge in [-0.25, -0.2) is 0 Å². The summed E-state index contributed by atoms with van der Waals surface area (Å²) in [7, 11) is 0. The smallest absolute Gasteiger partial charge is 0.256 e. The molecule has 0 saturated carbocycles. The van der Waals surface area contributed by atoms with E-state index in [1.54, 1.807) is 6.07 Å². The number of anilines is 2. The Morgan fingerprint density at radius 3 is 2.24 bits per heavy atom. The van der Waals surface area contributed by atoms with Gasteiger partial charge in [0.2, 0.25) is 5.91 Å². The molecule has 4 aromatic rings. The zero-order valence-electron chi connectivity index (χ0n) is 21.4. The third-order valence-corrected chi connectivity index (χ3v) is 6.48. The molecular formula is C30H31N3O4. The number of pyridine rings is 1. The molecule has 1 amide bonds. The fourth-order valence-corrected chi connectivity index (χ4v) is 4.71. The maximum atomic E-state index is 13.6. The summed E-state index contributed by atoms with van der Waals surface area (Å²) in [5.41, 5.74) is 5.96. The zero-order chi connectivity index (χ0) is 25.9. The Hall–Kier alpha value is -4.26. The molecule has 1 aliphatic rings. The summed E-state index contributed by atoms with van der Waals surface area (Å²) in [6.45, 7) is 7.20. The van der Waals surface area contributed by atoms with Gasteiger partial charge < -0.3 is 20.1 Å². The van der Waals surface area contributed by atoms with E-state index in [2.05, 4.69) is 29.7 Å². The van der Waals surface area contributed by atoms with Gasteiger partial charge in [0, 0.05) is 34.9 Å². The highest BCUT2D eigenvalue weighted by atomic mass is 16.6. The molecule has 2 heterocycles. The van der Waals surface area contributed by atoms with Crippen LogP contribution >= 0.6 is 0 Å². The number of nitrogens with one attached hydrogen (secondary N) is 2. The largest absolute Gasteiger partial charge is 0.486 e. The highest BCUT2D eigenvalue weighted by molar-refractivity contribution is 5.92. The maximum Gasteiger partial charge on any atom is 0.256 e. The SMILES string of the molecule is CCc1ccc(NCc2cc3cc4c(cc3n(CC(=O)Nc3cc(C)cc(C)c3)c2=O)OCCO4)cc1. The molecule has 0 radical (unpaired) electrons. The first-order chi connectivity index (χ1) is 17.9. The van der Waals surface area contributed by atoms with Gasteiger partial charge in [0.15, 0.2) is 11.5 Å². The van der Waals surface area contributed by atoms with E-state index < -0.39 is 0 Å². The molecule has 7 nitrogen and oxygen atoms in total. The van der Waals surface area contributed by atoms with E-state index in [0.29, 0.717) is 48.0 Å². The molecule has 190 valence electrons. The van der Waals surface area contributed by atoms with Crippen molar-refractivity contribution in [3.05, 3.63) is 93.3 Å². The standard InChI is InChI=1S/C30H31N3O4/c1-4-21-5-7-24(8-6-21)31-17-23-14-22-15-27-28(37-10-9-36-27)16-26(22)33(30(23)35)18-29(34)32-25-12-19(2)11-20(3)13-25/h5-8,11-16,31H,4,9-10,17-18H2,1-3H3,(H,32,34). The van der Waals surface area contributed by atoms with Crippen LogP contribution in [0.3, 0.4) is 0 Å². The molecule has 0 unspecified atom stereocenters. The average Bonchev–Trinajstić information content (AvgIpc) is 2.88. The lowest BCUT2D eigenvalue weighted by Gasteiger charge is -2.21. The first-order valence-corrected chi connectivity index (χ1v) is 12.6. The van der Waals surface area contributed by atoms with E-state index >= 15 is 0 Å². The second-order valence-electron chi connectivity index (χ2n) is 9.44. The number of ether oxygens (including phenoxy) is 2. The Labute approximate surface area is 216 Å². The van der Waals surface area contributed by atoms with Crippen LogP contribution in [-0.2, 0) is 24.3 Å². The van der Waals surface area contributed by atoms with E-state index in [0.717, 1.165) is 28.6 Å². The Bertz CT molecular complexity index is 1500. The molecule has 0 aliphatic carbocycles. The zero-order valence-corrected chi connectivity index (χ0v) is 21.4. The van der Waals surface area contributed by atoms with Crippen molar-refractivity contribution in [3.8, 4) is 11.5 Å². The number of benzene rings is 3. The molecule has 2 N–H and O–H groups in total. The number of hydrogen-bond acceptors (Lipinski definition) is 5. The minimum Gasteiger partial charge on any atom is -0.486 e. The van der Waals surface area contributed by atoms with Gasteiger partial charge in [0.05, 0.1) is 5.52 Å². The van der Waals surface area contributed by atoms with Gasteiger partial charge in [-0.2, -0.15) is 0 Å². The van der Waals surface area contributed by atoms with E-state index in [9.17, 15) is 9.59 Å². The third-order valence-electron chi connectivity index (χ3n) is 6.48. The van der Waals surface area contributed by atoms with E-state index in [4.69, 9.17) is 9.47 Å². The lowest BCUT2D eigenvalue weighted by atomic mass is 10.1. The summed E-state index contributed by atoms with van der Waals surface area (Å²) in [6.07, 6.45) is 0.968. The molecule has 1 aromatic heterocycles. The predicted octanol–water partition coefficient (Wildman–Crippen LogP) is 5.20. The summed E-state index contributed by atoms with van der Waals surface area (Å²) < 4.78 is 13.0. The van der Waals surface area contributed by atoms with Crippen LogP contribution in [-0.4, -0.2) is 23.7 Å². The van der Waals surface area contributed by atoms with Gasteiger partial charge >= 0.3 is 0 Å². The highest BCUT2D eigenvalue weighted by Gasteiger charge is 2.18. The number of aromatic nitrogens is 1. The Balaban J connectivity index is 1.49. The Kier molecular flexibility index (Phi) is 6.86. The molecule has 1 aliphatic heterocycles. The molecule has 3 aromatic carbocycles. The van der Waals surface area contributed by atoms with E-state index in [1.807, 2.05) is 56.3 Å². The second-order valence-corrected chi connectivity index (χ2v) is 9.44. The number of carbonyl (C=O) groups is 1. The van der Waals surface area contributed by atoms with E-state index in [-0.39, 0.29) is 18.0 Å². The minimum absolute atomic E-state index is 0.124. The molecule has 0 fully saturated rings. The van der Waals surface area contributed by atoms with Crippen molar-refractivity contribution in [2.45, 2.75) is 40.3 Å². The van der Waals surface area contributed by atoms with Gasteiger partial charge in [0.25, 0.3) is 5.56 Å². The van der Waals surface area contributed by atoms with Crippen molar-refractivity contribution in [3.63, 3.8) is 0 Å². The van der Waals surface area contributed by atoms with Gasteiger partial charge in [0.1, 0.15) is 19.8 Å². The van der Waals surface area contributed by atoms with Gasteiger partial charge in [-0.1, -0.05) is 25.1 Å². The number of rotatable bonds is 7. The maximum absolute atomic E-state index is 13.6. The quantitative estimate of drug-likeness (QED) is 0.367. The summed E-state index contributed by atoms with van der Waals surface area (Å²) in [4.78, 5) is 26.7. The fourth-order valence-electron chi connectivity index (χ4n) is 4.71. The van der Waals surface area contributed by atoms with Crippen molar-refractivity contribution in [1.29, 1.82) is 0 Å². The Morgan fingerprint density at radius 1 is 0.892 bits per heavy atom. The number of amides is 1. The molecule has 0 saturated heterocycles. The molecule has 7 heteroatoms. The Morgan fingerprint density at radius 2 is 1.57 bits per heavy atom. The van der Waals surface area contributed by atoms with Crippen LogP contribution in [0.1, 0.15) is 29.2 Å². The highest BCUT2D eigenvalue weighted by Crippen LogP contribution is 2.34. The lowest BCUT2D eigenvalue weighted by Crippen LogP contribution is -2.31. The fraction of sp³-hybridized carbons (Fsp3) is 0.267. The van der Waals surface area contributed by atoms with Crippen molar-refractivity contribution in [2.75, 3.05) is 23.8 Å². The normalized spacial score (nSPS) is 12.4. The van der Waals surface area contributed by atoms with Crippen LogP contribution in [0, 0.1) is 13.8 Å². The van der Waals surface area contributed by atoms with Gasteiger partial charge in [-0.05, 0) is 73.4 Å². The van der Waals surface area contributed by atoms with Crippen LogP contribution in [0.5, 0.6) is 11.5 Å². The number of hydrogen-bond donors (Lipinski definition) is 2. The molecule has 5 rings (SSSR count). The van der Waals surface area contributed by atoms with Gasteiger partial charge in [-0.3, -0.25) is 14.2 Å². The van der Waals surface area contributed by atoms with Crippen LogP contribution < -0.4 is 25.7 Å². The van der Waals surface area contributed by atoms with E-state index in [1.165, 1.54) is 10.1 Å². The summed E-state index contributed by atoms with van der Waals surface area (Å²) in [5, 5.41) is 7.09. The molecule has 0 bridgehead atoms. The van der Waals surface area contributed by atoms with Crippen LogP contribution in [0.25, 0.3) is 10.9 Å². The molecule has 0 spiro atoms. The monoisotopic (exact) mass is 497 g/mol. The number of fused-ring (bicyclic) bond motifs is 2. The lowest BCUT2D eigenvalue weighted by molar-refractivity contribution is -0.116. The number of carbonyl (C=O) groups excluding carboxylic acids is 1. The molecule has 37 heavy (non-hydrogen) atoms. The number of nitrogens with zero attached hydrogens (tertiary/aromatic N) is 1. The van der Waals surface area contributed by atoms with Crippen molar-refractivity contribution in [2.24, 2.45) is 0 Å². The summed E-state index contributed by atoms with van der Waals surface area (Å²) in [5.74, 6) is 0.935. The van der Waals surface area contributed by atoms with Crippen LogP contribution in [0.4, 0.5) is 11.4 Å².